The van der Waals surface area contributed by atoms with Crippen LogP contribution in [0, 0.1) is 6.92 Å². The minimum absolute atomic E-state index is 0.0891. The summed E-state index contributed by atoms with van der Waals surface area (Å²) in [6, 6.07) is 0. The van der Waals surface area contributed by atoms with Crippen LogP contribution < -0.4 is 11.2 Å². The number of nitrogens with one attached hydrogen (secondary N) is 1. The second-order valence-electron chi connectivity index (χ2n) is 4.48. The Bertz CT molecular complexity index is 565. The van der Waals surface area contributed by atoms with Crippen LogP contribution in [0.3, 0.4) is 0 Å². The molecule has 3 N–H and O–H groups in total. The zero-order valence-electron chi connectivity index (χ0n) is 10.6. The molecule has 2 heterocycles. The fourth-order valence-corrected chi connectivity index (χ4v) is 2.04. The maximum Gasteiger partial charge on any atom is 0.330 e. The molecule has 0 aliphatic carbocycles. The van der Waals surface area contributed by atoms with E-state index in [2.05, 4.69) is 4.98 Å². The molecular formula is C11H16N2O6. The number of ether oxygens (including phenoxy) is 2. The highest BCUT2D eigenvalue weighted by Crippen LogP contribution is 2.28. The first-order valence-corrected chi connectivity index (χ1v) is 5.78. The van der Waals surface area contributed by atoms with E-state index in [0.717, 1.165) is 4.57 Å². The van der Waals surface area contributed by atoms with Gasteiger partial charge >= 0.3 is 5.69 Å². The van der Waals surface area contributed by atoms with Gasteiger partial charge in [0.05, 0.1) is 6.61 Å². The smallest absolute Gasteiger partial charge is 0.330 e. The Hall–Kier alpha value is -1.48. The van der Waals surface area contributed by atoms with Crippen LogP contribution in [0.2, 0.25) is 0 Å². The highest BCUT2D eigenvalue weighted by molar-refractivity contribution is 5.03. The van der Waals surface area contributed by atoms with Crippen molar-refractivity contribution < 1.29 is 19.7 Å². The zero-order chi connectivity index (χ0) is 14.2. The monoisotopic (exact) mass is 272 g/mol. The molecular weight excluding hydrogens is 256 g/mol. The van der Waals surface area contributed by atoms with Gasteiger partial charge in [0.25, 0.3) is 5.56 Å². The maximum absolute atomic E-state index is 11.7. The van der Waals surface area contributed by atoms with E-state index in [0.29, 0.717) is 5.56 Å². The van der Waals surface area contributed by atoms with E-state index in [4.69, 9.17) is 9.47 Å². The molecule has 1 aliphatic heterocycles. The number of aryl methyl sites for hydroxylation is 1. The van der Waals surface area contributed by atoms with Gasteiger partial charge < -0.3 is 19.7 Å². The lowest BCUT2D eigenvalue weighted by Crippen LogP contribution is -2.38. The van der Waals surface area contributed by atoms with Crippen molar-refractivity contribution in [2.45, 2.75) is 31.5 Å². The quantitative estimate of drug-likeness (QED) is 0.593. The number of aliphatic hydroxyl groups is 2. The predicted octanol–water partition coefficient (Wildman–Crippen LogP) is -1.89. The van der Waals surface area contributed by atoms with Crippen molar-refractivity contribution in [1.82, 2.24) is 9.55 Å². The Kier molecular flexibility index (Phi) is 3.85. The molecule has 1 aliphatic rings. The van der Waals surface area contributed by atoms with Gasteiger partial charge in [-0.15, -0.1) is 0 Å². The number of nitrogens with zero attached hydrogens (tertiary/aromatic N) is 1. The van der Waals surface area contributed by atoms with Gasteiger partial charge in [0, 0.05) is 18.9 Å². The van der Waals surface area contributed by atoms with Gasteiger partial charge in [0.15, 0.2) is 6.23 Å². The first-order chi connectivity index (χ1) is 8.95. The molecule has 0 bridgehead atoms. The highest BCUT2D eigenvalue weighted by atomic mass is 16.6. The van der Waals surface area contributed by atoms with Gasteiger partial charge in [-0.2, -0.15) is 0 Å². The first-order valence-electron chi connectivity index (χ1n) is 5.78. The molecule has 1 aromatic rings. The minimum atomic E-state index is -1.27. The third kappa shape index (κ3) is 2.47. The molecule has 8 heteroatoms. The Balaban J connectivity index is 2.35. The molecule has 1 aromatic heterocycles. The molecule has 0 amide bonds. The lowest BCUT2D eigenvalue weighted by molar-refractivity contribution is -0.0615. The second-order valence-corrected chi connectivity index (χ2v) is 4.48. The number of hydrogen-bond donors (Lipinski definition) is 3. The van der Waals surface area contributed by atoms with E-state index in [9.17, 15) is 19.8 Å². The van der Waals surface area contributed by atoms with Gasteiger partial charge in [-0.25, -0.2) is 4.79 Å². The molecule has 0 aromatic carbocycles. The van der Waals surface area contributed by atoms with Crippen molar-refractivity contribution in [1.29, 1.82) is 0 Å². The summed E-state index contributed by atoms with van der Waals surface area (Å²) in [5.41, 5.74) is -0.896. The minimum Gasteiger partial charge on any atom is -0.387 e. The fourth-order valence-electron chi connectivity index (χ4n) is 2.04. The SMILES string of the molecule is COC[C@H]1O[C@@H](n2cc(C)c(=O)[nH]c2=O)[C@@H](O)[C@@H]1O. The Morgan fingerprint density at radius 3 is 2.74 bits per heavy atom. The third-order valence-electron chi connectivity index (χ3n) is 3.09. The van der Waals surface area contributed by atoms with Crippen LogP contribution in [0.5, 0.6) is 0 Å². The van der Waals surface area contributed by atoms with Crippen molar-refractivity contribution in [3.8, 4) is 0 Å². The summed E-state index contributed by atoms with van der Waals surface area (Å²) in [5, 5.41) is 19.7. The summed E-state index contributed by atoms with van der Waals surface area (Å²) in [7, 11) is 1.44. The average Bonchev–Trinajstić information content (AvgIpc) is 2.63. The Labute approximate surface area is 108 Å². The second kappa shape index (κ2) is 5.25. The van der Waals surface area contributed by atoms with Crippen LogP contribution >= 0.6 is 0 Å². The molecule has 2 rings (SSSR count). The maximum atomic E-state index is 11.7. The van der Waals surface area contributed by atoms with Crippen molar-refractivity contribution in [2.75, 3.05) is 13.7 Å². The van der Waals surface area contributed by atoms with Gasteiger partial charge in [-0.1, -0.05) is 0 Å². The number of H-pyrrole nitrogens is 1. The Morgan fingerprint density at radius 2 is 2.11 bits per heavy atom. The lowest BCUT2D eigenvalue weighted by atomic mass is 10.1. The van der Waals surface area contributed by atoms with Crippen LogP contribution in [0.4, 0.5) is 0 Å². The predicted molar refractivity (Wildman–Crippen MR) is 63.9 cm³/mol. The average molecular weight is 272 g/mol. The number of aromatic nitrogens is 2. The molecule has 8 nitrogen and oxygen atoms in total. The fraction of sp³-hybridized carbons (Fsp3) is 0.636. The standard InChI is InChI=1S/C11H16N2O6/c1-5-3-13(11(17)12-9(5)16)10-8(15)7(14)6(19-10)4-18-2/h3,6-8,10,14-15H,4H2,1-2H3,(H,12,16,17)/t6-,7-,8+,10-/m1/s1. The molecule has 106 valence electrons. The summed E-state index contributed by atoms with van der Waals surface area (Å²) in [6.07, 6.45) is -2.94. The van der Waals surface area contributed by atoms with E-state index in [1.54, 1.807) is 0 Å². The van der Waals surface area contributed by atoms with E-state index in [1.165, 1.54) is 20.2 Å². The van der Waals surface area contributed by atoms with Gasteiger partial charge in [0.1, 0.15) is 18.3 Å². The number of hydrogen-bond acceptors (Lipinski definition) is 6. The highest BCUT2D eigenvalue weighted by Gasteiger charge is 2.44. The summed E-state index contributed by atoms with van der Waals surface area (Å²) in [4.78, 5) is 25.1. The number of rotatable bonds is 3. The van der Waals surface area contributed by atoms with Crippen molar-refractivity contribution >= 4 is 0 Å². The van der Waals surface area contributed by atoms with Crippen LogP contribution in [-0.4, -0.2) is 51.8 Å². The normalized spacial score (nSPS) is 30.7. The molecule has 4 atom stereocenters. The van der Waals surface area contributed by atoms with Crippen LogP contribution in [0.1, 0.15) is 11.8 Å². The van der Waals surface area contributed by atoms with E-state index in [1.807, 2.05) is 0 Å². The van der Waals surface area contributed by atoms with Gasteiger partial charge in [-0.3, -0.25) is 14.3 Å². The van der Waals surface area contributed by atoms with E-state index in [-0.39, 0.29) is 6.61 Å². The number of aliphatic hydroxyl groups excluding tert-OH is 2. The van der Waals surface area contributed by atoms with Gasteiger partial charge in [0.2, 0.25) is 0 Å². The summed E-state index contributed by atoms with van der Waals surface area (Å²) < 4.78 is 11.3. The number of aromatic amines is 1. The van der Waals surface area contributed by atoms with Crippen molar-refractivity contribution in [2.24, 2.45) is 0 Å². The third-order valence-corrected chi connectivity index (χ3v) is 3.09. The van der Waals surface area contributed by atoms with E-state index < -0.39 is 35.8 Å². The molecule has 1 saturated heterocycles. The van der Waals surface area contributed by atoms with Crippen LogP contribution in [0.15, 0.2) is 15.8 Å². The largest absolute Gasteiger partial charge is 0.387 e. The zero-order valence-corrected chi connectivity index (χ0v) is 10.6. The van der Waals surface area contributed by atoms with Crippen LogP contribution in [-0.2, 0) is 9.47 Å². The molecule has 19 heavy (non-hydrogen) atoms. The van der Waals surface area contributed by atoms with Crippen molar-refractivity contribution in [3.63, 3.8) is 0 Å². The molecule has 0 radical (unpaired) electrons. The Morgan fingerprint density at radius 1 is 1.42 bits per heavy atom. The first kappa shape index (κ1) is 13.9. The summed E-state index contributed by atoms with van der Waals surface area (Å²) >= 11 is 0. The molecule has 0 saturated carbocycles. The molecule has 1 fully saturated rings. The lowest BCUT2D eigenvalue weighted by Gasteiger charge is -2.17. The molecule has 0 unspecified atom stereocenters. The topological polar surface area (TPSA) is 114 Å². The summed E-state index contributed by atoms with van der Waals surface area (Å²) in [5.74, 6) is 0. The molecule has 0 spiro atoms. The van der Waals surface area contributed by atoms with Gasteiger partial charge in [-0.05, 0) is 6.92 Å². The summed E-state index contributed by atoms with van der Waals surface area (Å²) in [6.45, 7) is 1.62. The van der Waals surface area contributed by atoms with Crippen LogP contribution in [0.25, 0.3) is 0 Å². The van der Waals surface area contributed by atoms with E-state index >= 15 is 0 Å². The van der Waals surface area contributed by atoms with Crippen molar-refractivity contribution in [3.05, 3.63) is 32.6 Å². The number of methoxy groups -OCH3 is 1.